The van der Waals surface area contributed by atoms with Crippen molar-refractivity contribution in [1.29, 1.82) is 0 Å². The van der Waals surface area contributed by atoms with Gasteiger partial charge in [-0.3, -0.25) is 0 Å². The zero-order valence-corrected chi connectivity index (χ0v) is 15.9. The van der Waals surface area contributed by atoms with Crippen LogP contribution in [0.4, 0.5) is 0 Å². The summed E-state index contributed by atoms with van der Waals surface area (Å²) in [4.78, 5) is 20.5. The Morgan fingerprint density at radius 1 is 1.00 bits per heavy atom. The van der Waals surface area contributed by atoms with E-state index in [2.05, 4.69) is 5.32 Å². The number of aliphatic carboxylic acids is 2. The van der Waals surface area contributed by atoms with Gasteiger partial charge in [-0.15, -0.1) is 0 Å². The standard InChI is InChI=1S/C11H22N2O4.2Na/c12-7-8-13-9(5-6-11(16)17)3-1-2-4-10(14)15;;/h9,13H,1-8,12H2,(H,14,15)(H,16,17);;/q;2*+1/p-2. The van der Waals surface area contributed by atoms with E-state index in [9.17, 15) is 19.8 Å². The average Bonchev–Trinajstić information content (AvgIpc) is 2.26. The second kappa shape index (κ2) is 16.9. The normalized spacial score (nSPS) is 11.0. The van der Waals surface area contributed by atoms with Crippen LogP contribution >= 0.6 is 0 Å². The number of carbonyl (C=O) groups excluding carboxylic acids is 2. The van der Waals surface area contributed by atoms with Crippen molar-refractivity contribution >= 4 is 11.9 Å². The molecule has 0 radical (unpaired) electrons. The van der Waals surface area contributed by atoms with E-state index in [-0.39, 0.29) is 78.0 Å². The Hall–Kier alpha value is 0.860. The van der Waals surface area contributed by atoms with Gasteiger partial charge in [0.05, 0.1) is 0 Å². The van der Waals surface area contributed by atoms with Gasteiger partial charge in [0.15, 0.2) is 0 Å². The number of hydrogen-bond donors (Lipinski definition) is 2. The first-order valence-corrected chi connectivity index (χ1v) is 5.89. The third-order valence-electron chi connectivity index (χ3n) is 2.46. The topological polar surface area (TPSA) is 118 Å². The molecule has 0 amide bonds. The van der Waals surface area contributed by atoms with E-state index in [1.807, 2.05) is 0 Å². The van der Waals surface area contributed by atoms with Crippen molar-refractivity contribution in [3.63, 3.8) is 0 Å². The number of carbonyl (C=O) groups is 2. The zero-order chi connectivity index (χ0) is 13.1. The minimum atomic E-state index is -1.07. The molecule has 0 aliphatic rings. The summed E-state index contributed by atoms with van der Waals surface area (Å²) in [5.41, 5.74) is 5.35. The van der Waals surface area contributed by atoms with E-state index in [1.165, 1.54) is 0 Å². The Balaban J connectivity index is -0.00000128. The molecule has 0 aromatic carbocycles. The van der Waals surface area contributed by atoms with Gasteiger partial charge in [-0.1, -0.05) is 6.42 Å². The Labute approximate surface area is 158 Å². The molecular formula is C11H20N2Na2O4. The molecule has 0 aromatic heterocycles. The van der Waals surface area contributed by atoms with Crippen molar-refractivity contribution in [2.45, 2.75) is 44.6 Å². The molecule has 6 nitrogen and oxygen atoms in total. The molecule has 0 saturated heterocycles. The van der Waals surface area contributed by atoms with Crippen LogP contribution in [-0.2, 0) is 9.59 Å². The Morgan fingerprint density at radius 3 is 2.05 bits per heavy atom. The largest absolute Gasteiger partial charge is 1.00 e. The van der Waals surface area contributed by atoms with Gasteiger partial charge >= 0.3 is 59.1 Å². The second-order valence-electron chi connectivity index (χ2n) is 3.97. The number of carboxylic acid groups (broad SMARTS) is 2. The van der Waals surface area contributed by atoms with Crippen LogP contribution in [0.15, 0.2) is 0 Å². The number of hydrogen-bond acceptors (Lipinski definition) is 6. The fourth-order valence-corrected chi connectivity index (χ4v) is 1.59. The maximum atomic E-state index is 10.3. The van der Waals surface area contributed by atoms with Crippen LogP contribution in [0.5, 0.6) is 0 Å². The molecule has 19 heavy (non-hydrogen) atoms. The minimum Gasteiger partial charge on any atom is -0.550 e. The van der Waals surface area contributed by atoms with Crippen molar-refractivity contribution < 1.29 is 78.9 Å². The molecule has 0 heterocycles. The number of rotatable bonds is 11. The maximum Gasteiger partial charge on any atom is 1.00 e. The first-order chi connectivity index (χ1) is 8.06. The summed E-state index contributed by atoms with van der Waals surface area (Å²) in [6.45, 7) is 1.11. The number of nitrogens with one attached hydrogen (secondary N) is 1. The third-order valence-corrected chi connectivity index (χ3v) is 2.46. The molecule has 0 aliphatic heterocycles. The molecule has 0 aromatic rings. The van der Waals surface area contributed by atoms with Crippen LogP contribution in [0.3, 0.4) is 0 Å². The molecular weight excluding hydrogens is 270 g/mol. The molecule has 0 spiro atoms. The molecule has 8 heteroatoms. The monoisotopic (exact) mass is 290 g/mol. The van der Waals surface area contributed by atoms with Crippen LogP contribution in [0, 0.1) is 0 Å². The van der Waals surface area contributed by atoms with E-state index < -0.39 is 11.9 Å². The van der Waals surface area contributed by atoms with E-state index in [0.29, 0.717) is 25.9 Å². The van der Waals surface area contributed by atoms with E-state index in [0.717, 1.165) is 12.8 Å². The van der Waals surface area contributed by atoms with Gasteiger partial charge in [0.25, 0.3) is 0 Å². The van der Waals surface area contributed by atoms with Crippen LogP contribution in [-0.4, -0.2) is 31.1 Å². The molecule has 1 unspecified atom stereocenters. The van der Waals surface area contributed by atoms with Crippen molar-refractivity contribution in [3.8, 4) is 0 Å². The molecule has 0 rings (SSSR count). The predicted octanol–water partition coefficient (Wildman–Crippen LogP) is -8.25. The number of carboxylic acids is 2. The Bertz CT molecular complexity index is 243. The summed E-state index contributed by atoms with van der Waals surface area (Å²) in [7, 11) is 0. The Morgan fingerprint density at radius 2 is 1.58 bits per heavy atom. The number of nitrogens with two attached hydrogens (primary N) is 1. The van der Waals surface area contributed by atoms with Gasteiger partial charge in [0, 0.05) is 31.1 Å². The zero-order valence-electron chi connectivity index (χ0n) is 11.9. The van der Waals surface area contributed by atoms with Crippen LogP contribution in [0.25, 0.3) is 0 Å². The summed E-state index contributed by atoms with van der Waals surface area (Å²) in [6, 6.07) is 0.0539. The average molecular weight is 290 g/mol. The molecule has 100 valence electrons. The van der Waals surface area contributed by atoms with Crippen molar-refractivity contribution in [1.82, 2.24) is 5.32 Å². The molecule has 0 fully saturated rings. The SMILES string of the molecule is NCCNC(CCCCC(=O)[O-])CCC(=O)[O-].[Na+].[Na+]. The first-order valence-electron chi connectivity index (χ1n) is 5.89. The quantitative estimate of drug-likeness (QED) is 0.288. The fourth-order valence-electron chi connectivity index (χ4n) is 1.59. The van der Waals surface area contributed by atoms with Crippen molar-refractivity contribution in [2.75, 3.05) is 13.1 Å². The van der Waals surface area contributed by atoms with E-state index >= 15 is 0 Å². The second-order valence-corrected chi connectivity index (χ2v) is 3.97. The summed E-state index contributed by atoms with van der Waals surface area (Å²) < 4.78 is 0. The molecule has 0 saturated carbocycles. The maximum absolute atomic E-state index is 10.3. The van der Waals surface area contributed by atoms with Gasteiger partial charge in [-0.05, 0) is 32.1 Å². The molecule has 0 aliphatic carbocycles. The van der Waals surface area contributed by atoms with Crippen LogP contribution in [0.2, 0.25) is 0 Å². The Kier molecular flexibility index (Phi) is 22.1. The molecule has 1 atom stereocenters. The van der Waals surface area contributed by atoms with E-state index in [1.54, 1.807) is 0 Å². The minimum absolute atomic E-state index is 0. The molecule has 3 N–H and O–H groups in total. The summed E-state index contributed by atoms with van der Waals surface area (Å²) in [6.07, 6.45) is 2.54. The van der Waals surface area contributed by atoms with Crippen LogP contribution < -0.4 is 80.4 Å². The van der Waals surface area contributed by atoms with E-state index in [4.69, 9.17) is 5.73 Å². The van der Waals surface area contributed by atoms with Gasteiger partial charge in [-0.25, -0.2) is 0 Å². The third kappa shape index (κ3) is 18.9. The molecule has 0 bridgehead atoms. The van der Waals surface area contributed by atoms with Gasteiger partial charge in [0.1, 0.15) is 0 Å². The van der Waals surface area contributed by atoms with Crippen molar-refractivity contribution in [2.24, 2.45) is 5.73 Å². The summed E-state index contributed by atoms with van der Waals surface area (Å²) >= 11 is 0. The number of unbranched alkanes of at least 4 members (excludes halogenated alkanes) is 1. The van der Waals surface area contributed by atoms with Crippen molar-refractivity contribution in [3.05, 3.63) is 0 Å². The van der Waals surface area contributed by atoms with Gasteiger partial charge in [-0.2, -0.15) is 0 Å². The van der Waals surface area contributed by atoms with Gasteiger partial charge in [0.2, 0.25) is 0 Å². The summed E-state index contributed by atoms with van der Waals surface area (Å²) in [5.74, 6) is -2.12. The summed E-state index contributed by atoms with van der Waals surface area (Å²) in [5, 5.41) is 23.7. The fraction of sp³-hybridized carbons (Fsp3) is 0.818. The first kappa shape index (κ1) is 24.9. The predicted molar refractivity (Wildman–Crippen MR) is 58.6 cm³/mol. The van der Waals surface area contributed by atoms with Crippen LogP contribution in [0.1, 0.15) is 38.5 Å². The smallest absolute Gasteiger partial charge is 0.550 e. The van der Waals surface area contributed by atoms with Gasteiger partial charge < -0.3 is 30.9 Å².